The number of benzene rings is 1. The number of fused-ring (bicyclic) bond motifs is 1. The molecule has 1 aromatic carbocycles. The molecule has 2 heterocycles. The molecule has 29 heavy (non-hydrogen) atoms. The number of pyridine rings is 1. The zero-order valence-corrected chi connectivity index (χ0v) is 16.0. The van der Waals surface area contributed by atoms with Crippen molar-refractivity contribution in [2.45, 2.75) is 26.3 Å². The predicted molar refractivity (Wildman–Crippen MR) is 108 cm³/mol. The average Bonchev–Trinajstić information content (AvgIpc) is 2.71. The van der Waals surface area contributed by atoms with Crippen LogP contribution < -0.4 is 16.4 Å². The molecular weight excluding hydrogens is 373 g/mol. The molecule has 4 N–H and O–H groups in total. The molecule has 0 radical (unpaired) electrons. The lowest BCUT2D eigenvalue weighted by Crippen LogP contribution is -2.27. The van der Waals surface area contributed by atoms with E-state index in [2.05, 4.69) is 25.6 Å². The van der Waals surface area contributed by atoms with Crippen molar-refractivity contribution < 1.29 is 9.18 Å². The van der Waals surface area contributed by atoms with E-state index < -0.39 is 11.9 Å². The number of nitrogen functional groups attached to an aromatic ring is 1. The summed E-state index contributed by atoms with van der Waals surface area (Å²) >= 11 is 0. The van der Waals surface area contributed by atoms with Crippen molar-refractivity contribution in [3.63, 3.8) is 0 Å². The monoisotopic (exact) mass is 393 g/mol. The van der Waals surface area contributed by atoms with Gasteiger partial charge in [-0.3, -0.25) is 4.79 Å². The van der Waals surface area contributed by atoms with Gasteiger partial charge in [0.1, 0.15) is 40.9 Å². The van der Waals surface area contributed by atoms with E-state index in [0.29, 0.717) is 23.2 Å². The van der Waals surface area contributed by atoms with Crippen LogP contribution >= 0.6 is 0 Å². The Labute approximate surface area is 167 Å². The van der Waals surface area contributed by atoms with Crippen LogP contribution in [0, 0.1) is 17.1 Å². The third kappa shape index (κ3) is 4.06. The summed E-state index contributed by atoms with van der Waals surface area (Å²) in [6, 6.07) is 7.58. The summed E-state index contributed by atoms with van der Waals surface area (Å²) in [6.07, 6.45) is 2.00. The summed E-state index contributed by atoms with van der Waals surface area (Å²) < 4.78 is 14.3. The van der Waals surface area contributed by atoms with E-state index in [4.69, 9.17) is 5.73 Å². The third-order valence-corrected chi connectivity index (χ3v) is 4.36. The summed E-state index contributed by atoms with van der Waals surface area (Å²) in [5, 5.41) is 15.7. The van der Waals surface area contributed by atoms with Crippen LogP contribution in [0.4, 0.5) is 16.0 Å². The maximum atomic E-state index is 14.3. The molecule has 0 spiro atoms. The van der Waals surface area contributed by atoms with Crippen molar-refractivity contribution in [1.29, 1.82) is 5.26 Å². The molecular formula is C20H20FN7O. The highest BCUT2D eigenvalue weighted by molar-refractivity contribution is 5.99. The molecule has 0 saturated carbocycles. The van der Waals surface area contributed by atoms with Gasteiger partial charge in [-0.2, -0.15) is 5.26 Å². The minimum atomic E-state index is -0.567. The highest BCUT2D eigenvalue weighted by Crippen LogP contribution is 2.27. The van der Waals surface area contributed by atoms with Gasteiger partial charge in [0.25, 0.3) is 5.91 Å². The lowest BCUT2D eigenvalue weighted by molar-refractivity contribution is 0.0952. The number of anilines is 2. The number of carbonyl (C=O) groups is 1. The van der Waals surface area contributed by atoms with Gasteiger partial charge in [0, 0.05) is 11.9 Å². The topological polar surface area (TPSA) is 130 Å². The van der Waals surface area contributed by atoms with Crippen molar-refractivity contribution in [3.8, 4) is 6.07 Å². The lowest BCUT2D eigenvalue weighted by atomic mass is 10.0. The summed E-state index contributed by atoms with van der Waals surface area (Å²) in [4.78, 5) is 25.0. The van der Waals surface area contributed by atoms with Gasteiger partial charge >= 0.3 is 0 Å². The smallest absolute Gasteiger partial charge is 0.253 e. The number of nitrogens with one attached hydrogen (secondary N) is 2. The SMILES string of the molecule is CCCNC(=O)c1cc2cccc(F)c2nc1C(C)Nc1ncnc(N)c1C#N. The third-order valence-electron chi connectivity index (χ3n) is 4.36. The molecule has 0 saturated heterocycles. The van der Waals surface area contributed by atoms with E-state index in [1.54, 1.807) is 25.1 Å². The molecule has 0 aliphatic carbocycles. The summed E-state index contributed by atoms with van der Waals surface area (Å²) in [5.41, 5.74) is 6.62. The Morgan fingerprint density at radius 3 is 2.90 bits per heavy atom. The van der Waals surface area contributed by atoms with E-state index in [1.165, 1.54) is 12.4 Å². The Morgan fingerprint density at radius 1 is 1.38 bits per heavy atom. The van der Waals surface area contributed by atoms with Crippen LogP contribution in [-0.4, -0.2) is 27.4 Å². The number of hydrogen-bond acceptors (Lipinski definition) is 7. The Kier molecular flexibility index (Phi) is 5.83. The van der Waals surface area contributed by atoms with Gasteiger partial charge in [0.15, 0.2) is 0 Å². The Hall–Kier alpha value is -3.80. The molecule has 1 amide bonds. The van der Waals surface area contributed by atoms with Gasteiger partial charge < -0.3 is 16.4 Å². The van der Waals surface area contributed by atoms with Crippen molar-refractivity contribution in [3.05, 3.63) is 53.2 Å². The Balaban J connectivity index is 2.08. The van der Waals surface area contributed by atoms with Gasteiger partial charge in [-0.15, -0.1) is 0 Å². The van der Waals surface area contributed by atoms with E-state index in [1.807, 2.05) is 13.0 Å². The van der Waals surface area contributed by atoms with Gasteiger partial charge in [-0.1, -0.05) is 19.1 Å². The molecule has 3 rings (SSSR count). The number of carbonyl (C=O) groups excluding carboxylic acids is 1. The first-order chi connectivity index (χ1) is 14.0. The van der Waals surface area contributed by atoms with E-state index >= 15 is 0 Å². The minimum absolute atomic E-state index is 0.0376. The number of halogens is 1. The first-order valence-corrected chi connectivity index (χ1v) is 9.10. The van der Waals surface area contributed by atoms with Crippen LogP contribution in [0.15, 0.2) is 30.6 Å². The molecule has 0 aliphatic heterocycles. The number of aromatic nitrogens is 3. The van der Waals surface area contributed by atoms with Crippen LogP contribution in [0.1, 0.15) is 47.9 Å². The Bertz CT molecular complexity index is 1110. The molecule has 3 aromatic rings. The number of rotatable bonds is 6. The van der Waals surface area contributed by atoms with E-state index in [-0.39, 0.29) is 28.6 Å². The number of hydrogen-bond donors (Lipinski definition) is 3. The number of nitrogens with two attached hydrogens (primary N) is 1. The summed E-state index contributed by atoms with van der Waals surface area (Å²) in [7, 11) is 0. The fourth-order valence-corrected chi connectivity index (χ4v) is 2.91. The number of para-hydroxylation sites is 1. The second-order valence-corrected chi connectivity index (χ2v) is 6.45. The first-order valence-electron chi connectivity index (χ1n) is 9.10. The fraction of sp³-hybridized carbons (Fsp3) is 0.250. The molecule has 2 aromatic heterocycles. The van der Waals surface area contributed by atoms with Crippen molar-refractivity contribution >= 4 is 28.4 Å². The van der Waals surface area contributed by atoms with Crippen molar-refractivity contribution in [2.24, 2.45) is 0 Å². The Morgan fingerprint density at radius 2 is 2.17 bits per heavy atom. The number of nitriles is 1. The summed E-state index contributed by atoms with van der Waals surface area (Å²) in [6.45, 7) is 4.19. The maximum Gasteiger partial charge on any atom is 0.253 e. The second-order valence-electron chi connectivity index (χ2n) is 6.45. The zero-order valence-electron chi connectivity index (χ0n) is 16.0. The predicted octanol–water partition coefficient (Wildman–Crippen LogP) is 2.93. The van der Waals surface area contributed by atoms with Crippen LogP contribution in [0.2, 0.25) is 0 Å². The molecule has 9 heteroatoms. The molecule has 0 bridgehead atoms. The number of amides is 1. The van der Waals surface area contributed by atoms with Crippen LogP contribution in [0.25, 0.3) is 10.9 Å². The van der Waals surface area contributed by atoms with Crippen LogP contribution in [0.3, 0.4) is 0 Å². The quantitative estimate of drug-likeness (QED) is 0.587. The van der Waals surface area contributed by atoms with Crippen LogP contribution in [-0.2, 0) is 0 Å². The largest absolute Gasteiger partial charge is 0.382 e. The summed E-state index contributed by atoms with van der Waals surface area (Å²) in [5.74, 6) is -0.546. The molecule has 8 nitrogen and oxygen atoms in total. The number of nitrogens with zero attached hydrogens (tertiary/aromatic N) is 4. The molecule has 1 unspecified atom stereocenters. The second kappa shape index (κ2) is 8.48. The van der Waals surface area contributed by atoms with Gasteiger partial charge in [0.05, 0.1) is 17.3 Å². The molecule has 0 fully saturated rings. The van der Waals surface area contributed by atoms with Crippen molar-refractivity contribution in [2.75, 3.05) is 17.6 Å². The van der Waals surface area contributed by atoms with Gasteiger partial charge in [-0.05, 0) is 25.5 Å². The normalized spacial score (nSPS) is 11.7. The first kappa shape index (κ1) is 19.9. The van der Waals surface area contributed by atoms with Crippen molar-refractivity contribution in [1.82, 2.24) is 20.3 Å². The van der Waals surface area contributed by atoms with Gasteiger partial charge in [0.2, 0.25) is 0 Å². The van der Waals surface area contributed by atoms with Gasteiger partial charge in [-0.25, -0.2) is 19.3 Å². The zero-order chi connectivity index (χ0) is 21.0. The van der Waals surface area contributed by atoms with E-state index in [9.17, 15) is 14.4 Å². The average molecular weight is 393 g/mol. The highest BCUT2D eigenvalue weighted by atomic mass is 19.1. The van der Waals surface area contributed by atoms with E-state index in [0.717, 1.165) is 6.42 Å². The highest BCUT2D eigenvalue weighted by Gasteiger charge is 2.21. The lowest BCUT2D eigenvalue weighted by Gasteiger charge is -2.19. The minimum Gasteiger partial charge on any atom is -0.382 e. The fourth-order valence-electron chi connectivity index (χ4n) is 2.91. The molecule has 1 atom stereocenters. The molecule has 0 aliphatic rings. The maximum absolute atomic E-state index is 14.3. The van der Waals surface area contributed by atoms with Crippen LogP contribution in [0.5, 0.6) is 0 Å². The standard InChI is InChI=1S/C20H20FN7O/c1-3-7-24-20(29)13-8-12-5-4-6-15(21)17(12)28-16(13)11(2)27-19-14(9-22)18(23)25-10-26-19/h4-6,8,10-11H,3,7H2,1-2H3,(H,24,29)(H3,23,25,26,27). The molecule has 148 valence electrons.